The van der Waals surface area contributed by atoms with Crippen LogP contribution in [0.5, 0.6) is 0 Å². The van der Waals surface area contributed by atoms with Crippen molar-refractivity contribution < 1.29 is 0 Å². The van der Waals surface area contributed by atoms with Crippen molar-refractivity contribution >= 4 is 15.9 Å². The van der Waals surface area contributed by atoms with E-state index in [1.54, 1.807) is 0 Å². The van der Waals surface area contributed by atoms with E-state index in [2.05, 4.69) is 54.9 Å². The first-order valence-corrected chi connectivity index (χ1v) is 6.35. The van der Waals surface area contributed by atoms with E-state index in [1.165, 1.54) is 11.1 Å². The van der Waals surface area contributed by atoms with Crippen molar-refractivity contribution in [2.45, 2.75) is 39.0 Å². The van der Waals surface area contributed by atoms with Gasteiger partial charge in [0.05, 0.1) is 0 Å². The summed E-state index contributed by atoms with van der Waals surface area (Å²) in [5.74, 6) is 1.12. The number of rotatable bonds is 4. The molecule has 0 radical (unpaired) electrons. The van der Waals surface area contributed by atoms with Crippen molar-refractivity contribution in [1.29, 1.82) is 0 Å². The van der Waals surface area contributed by atoms with E-state index < -0.39 is 0 Å². The monoisotopic (exact) mass is 269 g/mol. The van der Waals surface area contributed by atoms with Gasteiger partial charge in [-0.2, -0.15) is 0 Å². The van der Waals surface area contributed by atoms with Gasteiger partial charge in [-0.1, -0.05) is 42.8 Å². The van der Waals surface area contributed by atoms with Crippen LogP contribution in [0, 0.1) is 0 Å². The van der Waals surface area contributed by atoms with E-state index in [9.17, 15) is 0 Å². The third-order valence-corrected chi connectivity index (χ3v) is 3.29. The van der Waals surface area contributed by atoms with Crippen LogP contribution in [-0.4, -0.2) is 6.54 Å². The second kappa shape index (κ2) is 5.66. The lowest BCUT2D eigenvalue weighted by Crippen LogP contribution is -2.07. The van der Waals surface area contributed by atoms with Gasteiger partial charge in [0.1, 0.15) is 0 Å². The van der Waals surface area contributed by atoms with Gasteiger partial charge < -0.3 is 5.73 Å². The number of hydrogen-bond acceptors (Lipinski definition) is 1. The van der Waals surface area contributed by atoms with Gasteiger partial charge in [0.2, 0.25) is 0 Å². The summed E-state index contributed by atoms with van der Waals surface area (Å²) >= 11 is 3.53. The highest BCUT2D eigenvalue weighted by Gasteiger charge is 2.12. The fraction of sp³-hybridized carbons (Fsp3) is 0.538. The van der Waals surface area contributed by atoms with E-state index in [-0.39, 0.29) is 0 Å². The van der Waals surface area contributed by atoms with Gasteiger partial charge in [-0.05, 0) is 48.1 Å². The molecule has 0 amide bonds. The van der Waals surface area contributed by atoms with E-state index >= 15 is 0 Å². The summed E-state index contributed by atoms with van der Waals surface area (Å²) in [6.07, 6.45) is 1.05. The highest BCUT2D eigenvalue weighted by atomic mass is 79.9. The molecule has 1 aromatic rings. The first-order chi connectivity index (χ1) is 7.06. The van der Waals surface area contributed by atoms with E-state index in [0.29, 0.717) is 11.8 Å². The Hall–Kier alpha value is -0.340. The molecule has 0 bridgehead atoms. The van der Waals surface area contributed by atoms with Crippen molar-refractivity contribution in [1.82, 2.24) is 0 Å². The number of benzene rings is 1. The van der Waals surface area contributed by atoms with Gasteiger partial charge in [-0.25, -0.2) is 0 Å². The molecule has 1 unspecified atom stereocenters. The van der Waals surface area contributed by atoms with Gasteiger partial charge in [0.15, 0.2) is 0 Å². The maximum atomic E-state index is 5.62. The summed E-state index contributed by atoms with van der Waals surface area (Å²) in [5.41, 5.74) is 8.50. The summed E-state index contributed by atoms with van der Waals surface area (Å²) in [6, 6.07) is 6.57. The Labute approximate surface area is 101 Å². The predicted octanol–water partition coefficient (Wildman–Crippen LogP) is 4.02. The van der Waals surface area contributed by atoms with Crippen LogP contribution in [0.25, 0.3) is 0 Å². The first-order valence-electron chi connectivity index (χ1n) is 5.55. The summed E-state index contributed by atoms with van der Waals surface area (Å²) in [6.45, 7) is 7.48. The van der Waals surface area contributed by atoms with Crippen molar-refractivity contribution in [3.8, 4) is 0 Å². The lowest BCUT2D eigenvalue weighted by atomic mass is 9.88. The molecule has 1 nitrogen and oxygen atoms in total. The molecular weight excluding hydrogens is 250 g/mol. The molecule has 0 spiro atoms. The molecule has 84 valence electrons. The van der Waals surface area contributed by atoms with Gasteiger partial charge in [-0.3, -0.25) is 0 Å². The number of halogens is 1. The van der Waals surface area contributed by atoms with Crippen LogP contribution in [0.2, 0.25) is 0 Å². The normalized spacial score (nSPS) is 13.2. The Balaban J connectivity index is 3.06. The van der Waals surface area contributed by atoms with Gasteiger partial charge >= 0.3 is 0 Å². The van der Waals surface area contributed by atoms with E-state index in [4.69, 9.17) is 5.73 Å². The molecule has 1 aromatic carbocycles. The lowest BCUT2D eigenvalue weighted by molar-refractivity contribution is 0.673. The Morgan fingerprint density at radius 1 is 1.20 bits per heavy atom. The third kappa shape index (κ3) is 3.32. The minimum absolute atomic E-state index is 0.546. The number of hydrogen-bond donors (Lipinski definition) is 1. The van der Waals surface area contributed by atoms with Gasteiger partial charge in [-0.15, -0.1) is 0 Å². The average Bonchev–Trinajstić information content (AvgIpc) is 2.17. The van der Waals surface area contributed by atoms with Crippen LogP contribution in [0.15, 0.2) is 22.7 Å². The fourth-order valence-electron chi connectivity index (χ4n) is 1.90. The summed E-state index contributed by atoms with van der Waals surface area (Å²) in [5, 5.41) is 0. The summed E-state index contributed by atoms with van der Waals surface area (Å²) in [4.78, 5) is 0. The first kappa shape index (κ1) is 12.7. The van der Waals surface area contributed by atoms with Crippen molar-refractivity contribution in [3.05, 3.63) is 33.8 Å². The Morgan fingerprint density at radius 3 is 2.40 bits per heavy atom. The minimum atomic E-state index is 0.546. The molecule has 0 aliphatic rings. The third-order valence-electron chi connectivity index (χ3n) is 2.80. The molecule has 15 heavy (non-hydrogen) atoms. The van der Waals surface area contributed by atoms with E-state index in [1.807, 2.05) is 0 Å². The van der Waals surface area contributed by atoms with Crippen LogP contribution in [0.1, 0.15) is 50.2 Å². The topological polar surface area (TPSA) is 26.0 Å². The second-order valence-electron chi connectivity index (χ2n) is 4.41. The molecule has 0 aliphatic carbocycles. The lowest BCUT2D eigenvalue weighted by Gasteiger charge is -2.18. The fourth-order valence-corrected chi connectivity index (χ4v) is 2.28. The highest BCUT2D eigenvalue weighted by molar-refractivity contribution is 9.10. The Morgan fingerprint density at radius 2 is 1.87 bits per heavy atom. The zero-order valence-electron chi connectivity index (χ0n) is 9.76. The van der Waals surface area contributed by atoms with Crippen LogP contribution in [-0.2, 0) is 0 Å². The largest absolute Gasteiger partial charge is 0.330 e. The molecule has 2 N–H and O–H groups in total. The highest BCUT2D eigenvalue weighted by Crippen LogP contribution is 2.30. The van der Waals surface area contributed by atoms with Crippen LogP contribution >= 0.6 is 15.9 Å². The standard InChI is InChI=1S/C13H20BrN/c1-9(2)12-5-4-11(14)8-13(12)10(3)6-7-15/h4-5,8-10H,6-7,15H2,1-3H3. The maximum absolute atomic E-state index is 5.62. The smallest absolute Gasteiger partial charge is 0.0178 e. The van der Waals surface area contributed by atoms with E-state index in [0.717, 1.165) is 17.4 Å². The minimum Gasteiger partial charge on any atom is -0.330 e. The molecule has 0 saturated heterocycles. The van der Waals surface area contributed by atoms with Crippen molar-refractivity contribution in [3.63, 3.8) is 0 Å². The van der Waals surface area contributed by atoms with Crippen LogP contribution in [0.3, 0.4) is 0 Å². The summed E-state index contributed by atoms with van der Waals surface area (Å²) in [7, 11) is 0. The molecule has 1 atom stereocenters. The molecular formula is C13H20BrN. The molecule has 1 rings (SSSR count). The predicted molar refractivity (Wildman–Crippen MR) is 70.3 cm³/mol. The quantitative estimate of drug-likeness (QED) is 0.878. The molecule has 0 fully saturated rings. The number of nitrogens with two attached hydrogens (primary N) is 1. The van der Waals surface area contributed by atoms with Crippen molar-refractivity contribution in [2.24, 2.45) is 5.73 Å². The Bertz CT molecular complexity index is 320. The zero-order valence-corrected chi connectivity index (χ0v) is 11.3. The second-order valence-corrected chi connectivity index (χ2v) is 5.32. The molecule has 0 saturated carbocycles. The van der Waals surface area contributed by atoms with Crippen LogP contribution < -0.4 is 5.73 Å². The SMILES string of the molecule is CC(C)c1ccc(Br)cc1C(C)CCN. The maximum Gasteiger partial charge on any atom is 0.0178 e. The van der Waals surface area contributed by atoms with Crippen LogP contribution in [0.4, 0.5) is 0 Å². The molecule has 0 aliphatic heterocycles. The molecule has 2 heteroatoms. The summed E-state index contributed by atoms with van der Waals surface area (Å²) < 4.78 is 1.16. The molecule has 0 aromatic heterocycles. The van der Waals surface area contributed by atoms with Gasteiger partial charge in [0.25, 0.3) is 0 Å². The zero-order chi connectivity index (χ0) is 11.4. The molecule has 0 heterocycles. The van der Waals surface area contributed by atoms with Crippen molar-refractivity contribution in [2.75, 3.05) is 6.54 Å². The average molecular weight is 270 g/mol. The Kier molecular flexibility index (Phi) is 4.81. The van der Waals surface area contributed by atoms with Gasteiger partial charge in [0, 0.05) is 4.47 Å².